The summed E-state index contributed by atoms with van der Waals surface area (Å²) in [6.45, 7) is 3.67. The van der Waals surface area contributed by atoms with Crippen LogP contribution in [-0.4, -0.2) is 4.92 Å². The smallest absolute Gasteiger partial charge is 0.258 e. The van der Waals surface area contributed by atoms with Crippen LogP contribution >= 0.6 is 0 Å². The normalized spacial score (nSPS) is 10.6. The number of nitrogens with zero attached hydrogens (tertiary/aromatic N) is 1. The number of allylic oxidation sites excluding steroid dienone is 2. The average molecular weight is 231 g/mol. The SMILES string of the molecule is C=CCCCC/C=C\c1cccc([N+](=O)[O-])c1. The van der Waals surface area contributed by atoms with Crippen molar-refractivity contribution in [1.82, 2.24) is 0 Å². The molecule has 0 bridgehead atoms. The van der Waals surface area contributed by atoms with E-state index in [-0.39, 0.29) is 10.6 Å². The van der Waals surface area contributed by atoms with Gasteiger partial charge < -0.3 is 0 Å². The first kappa shape index (κ1) is 13.2. The second-order valence-corrected chi connectivity index (χ2v) is 3.83. The summed E-state index contributed by atoms with van der Waals surface area (Å²) in [5, 5.41) is 10.6. The molecule has 0 radical (unpaired) electrons. The van der Waals surface area contributed by atoms with E-state index in [2.05, 4.69) is 12.7 Å². The minimum atomic E-state index is -0.374. The molecule has 0 fully saturated rings. The molecule has 0 aliphatic rings. The summed E-state index contributed by atoms with van der Waals surface area (Å²) in [4.78, 5) is 10.2. The fourth-order valence-corrected chi connectivity index (χ4v) is 1.51. The monoisotopic (exact) mass is 231 g/mol. The highest BCUT2D eigenvalue weighted by Gasteiger charge is 2.03. The first-order valence-electron chi connectivity index (χ1n) is 5.76. The number of non-ortho nitro benzene ring substituents is 1. The number of hydrogen-bond donors (Lipinski definition) is 0. The van der Waals surface area contributed by atoms with Crippen LogP contribution in [0.4, 0.5) is 5.69 Å². The fraction of sp³-hybridized carbons (Fsp3) is 0.286. The highest BCUT2D eigenvalue weighted by Crippen LogP contribution is 2.14. The summed E-state index contributed by atoms with van der Waals surface area (Å²) >= 11 is 0. The van der Waals surface area contributed by atoms with Crippen molar-refractivity contribution >= 4 is 11.8 Å². The first-order valence-corrected chi connectivity index (χ1v) is 5.76. The summed E-state index contributed by atoms with van der Waals surface area (Å²) in [5.74, 6) is 0. The molecule has 0 spiro atoms. The van der Waals surface area contributed by atoms with Crippen LogP contribution in [-0.2, 0) is 0 Å². The summed E-state index contributed by atoms with van der Waals surface area (Å²) in [6, 6.07) is 6.66. The lowest BCUT2D eigenvalue weighted by molar-refractivity contribution is -0.384. The number of nitro groups is 1. The third kappa shape index (κ3) is 5.11. The van der Waals surface area contributed by atoms with E-state index in [4.69, 9.17) is 0 Å². The Morgan fingerprint density at radius 2 is 2.06 bits per heavy atom. The molecule has 0 unspecified atom stereocenters. The van der Waals surface area contributed by atoms with Crippen LogP contribution in [0, 0.1) is 10.1 Å². The number of rotatable bonds is 7. The maximum atomic E-state index is 10.6. The topological polar surface area (TPSA) is 43.1 Å². The Bertz CT molecular complexity index is 410. The zero-order valence-corrected chi connectivity index (χ0v) is 9.84. The Labute approximate surface area is 102 Å². The third-order valence-corrected chi connectivity index (χ3v) is 2.42. The van der Waals surface area contributed by atoms with Gasteiger partial charge in [-0.15, -0.1) is 6.58 Å². The molecule has 0 amide bonds. The van der Waals surface area contributed by atoms with E-state index in [0.717, 1.165) is 31.2 Å². The number of benzene rings is 1. The number of hydrogen-bond acceptors (Lipinski definition) is 2. The van der Waals surface area contributed by atoms with E-state index in [1.165, 1.54) is 6.07 Å². The lowest BCUT2D eigenvalue weighted by Gasteiger charge is -1.95. The molecular weight excluding hydrogens is 214 g/mol. The van der Waals surface area contributed by atoms with E-state index in [9.17, 15) is 10.1 Å². The third-order valence-electron chi connectivity index (χ3n) is 2.42. The van der Waals surface area contributed by atoms with Gasteiger partial charge in [-0.3, -0.25) is 10.1 Å². The van der Waals surface area contributed by atoms with Crippen molar-refractivity contribution in [1.29, 1.82) is 0 Å². The molecule has 1 aromatic rings. The van der Waals surface area contributed by atoms with Gasteiger partial charge >= 0.3 is 0 Å². The van der Waals surface area contributed by atoms with Crippen LogP contribution in [0.1, 0.15) is 31.2 Å². The van der Waals surface area contributed by atoms with Gasteiger partial charge in [0, 0.05) is 12.1 Å². The molecule has 3 heteroatoms. The number of nitro benzene ring substituents is 1. The van der Waals surface area contributed by atoms with Gasteiger partial charge in [0.05, 0.1) is 4.92 Å². The molecule has 0 saturated carbocycles. The van der Waals surface area contributed by atoms with Crippen molar-refractivity contribution in [3.05, 3.63) is 58.7 Å². The molecular formula is C14H17NO2. The Hall–Kier alpha value is -1.90. The van der Waals surface area contributed by atoms with Crippen LogP contribution < -0.4 is 0 Å². The quantitative estimate of drug-likeness (QED) is 0.303. The molecule has 0 heterocycles. The first-order chi connectivity index (χ1) is 8.24. The highest BCUT2D eigenvalue weighted by atomic mass is 16.6. The number of unbranched alkanes of at least 4 members (excludes halogenated alkanes) is 3. The van der Waals surface area contributed by atoms with Crippen molar-refractivity contribution in [3.63, 3.8) is 0 Å². The van der Waals surface area contributed by atoms with Crippen molar-refractivity contribution in [2.45, 2.75) is 25.7 Å². The molecule has 0 atom stereocenters. The molecule has 1 aromatic carbocycles. The molecule has 0 N–H and O–H groups in total. The molecule has 0 aromatic heterocycles. The Balaban J connectivity index is 2.45. The minimum absolute atomic E-state index is 0.138. The highest BCUT2D eigenvalue weighted by molar-refractivity contribution is 5.53. The van der Waals surface area contributed by atoms with Gasteiger partial charge in [0.25, 0.3) is 5.69 Å². The van der Waals surface area contributed by atoms with Crippen LogP contribution in [0.2, 0.25) is 0 Å². The molecule has 17 heavy (non-hydrogen) atoms. The Morgan fingerprint density at radius 3 is 2.76 bits per heavy atom. The maximum absolute atomic E-state index is 10.6. The summed E-state index contributed by atoms with van der Waals surface area (Å²) in [5.41, 5.74) is 1.02. The summed E-state index contributed by atoms with van der Waals surface area (Å²) < 4.78 is 0. The van der Waals surface area contributed by atoms with Crippen LogP contribution in [0.3, 0.4) is 0 Å². The largest absolute Gasteiger partial charge is 0.270 e. The maximum Gasteiger partial charge on any atom is 0.270 e. The molecule has 0 aliphatic heterocycles. The predicted molar refractivity (Wildman–Crippen MR) is 70.8 cm³/mol. The fourth-order valence-electron chi connectivity index (χ4n) is 1.51. The van der Waals surface area contributed by atoms with Crippen molar-refractivity contribution in [2.75, 3.05) is 0 Å². The van der Waals surface area contributed by atoms with E-state index in [0.29, 0.717) is 0 Å². The standard InChI is InChI=1S/C14H17NO2/c1-2-3-4-5-6-7-9-13-10-8-11-14(12-13)15(16)17/h2,7-12H,1,3-6H2/b9-7-. The Morgan fingerprint density at radius 1 is 1.29 bits per heavy atom. The predicted octanol–water partition coefficient (Wildman–Crippen LogP) is 4.35. The summed E-state index contributed by atoms with van der Waals surface area (Å²) in [7, 11) is 0. The van der Waals surface area contributed by atoms with Crippen molar-refractivity contribution in [2.24, 2.45) is 0 Å². The Kier molecular flexibility index (Phi) is 5.72. The van der Waals surface area contributed by atoms with E-state index in [1.54, 1.807) is 12.1 Å². The van der Waals surface area contributed by atoms with Crippen molar-refractivity contribution in [3.8, 4) is 0 Å². The van der Waals surface area contributed by atoms with Crippen LogP contribution in [0.5, 0.6) is 0 Å². The summed E-state index contributed by atoms with van der Waals surface area (Å²) in [6.07, 6.45) is 10.2. The van der Waals surface area contributed by atoms with Gasteiger partial charge in [-0.1, -0.05) is 30.4 Å². The van der Waals surface area contributed by atoms with Gasteiger partial charge in [-0.2, -0.15) is 0 Å². The van der Waals surface area contributed by atoms with Gasteiger partial charge in [0.2, 0.25) is 0 Å². The van der Waals surface area contributed by atoms with Gasteiger partial charge in [0.1, 0.15) is 0 Å². The lowest BCUT2D eigenvalue weighted by atomic mass is 10.1. The van der Waals surface area contributed by atoms with Gasteiger partial charge in [0.15, 0.2) is 0 Å². The van der Waals surface area contributed by atoms with E-state index in [1.807, 2.05) is 18.2 Å². The molecule has 0 aliphatic carbocycles. The van der Waals surface area contributed by atoms with Crippen molar-refractivity contribution < 1.29 is 4.92 Å². The molecule has 90 valence electrons. The molecule has 0 saturated heterocycles. The van der Waals surface area contributed by atoms with E-state index >= 15 is 0 Å². The van der Waals surface area contributed by atoms with Gasteiger partial charge in [-0.05, 0) is 31.2 Å². The zero-order valence-electron chi connectivity index (χ0n) is 9.84. The zero-order chi connectivity index (χ0) is 12.5. The molecule has 1 rings (SSSR count). The second kappa shape index (κ2) is 7.39. The lowest BCUT2D eigenvalue weighted by Crippen LogP contribution is -1.87. The second-order valence-electron chi connectivity index (χ2n) is 3.83. The average Bonchev–Trinajstić information content (AvgIpc) is 2.34. The van der Waals surface area contributed by atoms with Crippen LogP contribution in [0.15, 0.2) is 43.0 Å². The van der Waals surface area contributed by atoms with E-state index < -0.39 is 0 Å². The minimum Gasteiger partial charge on any atom is -0.258 e. The molecule has 3 nitrogen and oxygen atoms in total. The van der Waals surface area contributed by atoms with Gasteiger partial charge in [-0.25, -0.2) is 0 Å². The van der Waals surface area contributed by atoms with Crippen LogP contribution in [0.25, 0.3) is 6.08 Å².